The van der Waals surface area contributed by atoms with E-state index in [1.165, 1.54) is 5.39 Å². The molecule has 4 heteroatoms. The third-order valence-corrected chi connectivity index (χ3v) is 4.50. The number of allylic oxidation sites excluding steroid dienone is 1. The van der Waals surface area contributed by atoms with Crippen LogP contribution in [-0.2, 0) is 19.9 Å². The molecule has 1 unspecified atom stereocenters. The lowest BCUT2D eigenvalue weighted by Gasteiger charge is -2.08. The zero-order chi connectivity index (χ0) is 16.4. The lowest BCUT2D eigenvalue weighted by molar-refractivity contribution is 0.761. The smallest absolute Gasteiger partial charge is 0.109 e. The molecule has 4 rings (SSSR count). The van der Waals surface area contributed by atoms with E-state index in [0.29, 0.717) is 5.92 Å². The van der Waals surface area contributed by atoms with Crippen molar-refractivity contribution in [1.82, 2.24) is 14.5 Å². The molecule has 0 amide bonds. The number of hydrogen-bond acceptors (Lipinski definition) is 3. The number of aryl methyl sites for hydroxylation is 3. The number of fused-ring (bicyclic) bond motifs is 1. The van der Waals surface area contributed by atoms with Gasteiger partial charge in [-0.2, -0.15) is 0 Å². The van der Waals surface area contributed by atoms with E-state index in [4.69, 9.17) is 9.97 Å². The van der Waals surface area contributed by atoms with E-state index < -0.39 is 0 Å². The number of benzene rings is 1. The zero-order valence-electron chi connectivity index (χ0n) is 13.8. The molecular weight excluding hydrogens is 296 g/mol. The molecule has 0 fully saturated rings. The highest BCUT2D eigenvalue weighted by atomic mass is 15.0. The van der Waals surface area contributed by atoms with Crippen molar-refractivity contribution in [2.24, 2.45) is 12.0 Å². The Morgan fingerprint density at radius 3 is 2.88 bits per heavy atom. The van der Waals surface area contributed by atoms with Crippen molar-refractivity contribution in [2.75, 3.05) is 0 Å². The largest absolute Gasteiger partial charge is 0.338 e. The van der Waals surface area contributed by atoms with Crippen LogP contribution in [0.25, 0.3) is 10.9 Å². The first-order chi connectivity index (χ1) is 11.8. The summed E-state index contributed by atoms with van der Waals surface area (Å²) in [5, 5.41) is 1.19. The number of rotatable bonds is 4. The molecule has 3 heterocycles. The standard InChI is InChI=1S/C20H20N4/c1-24-14-19(16-10-12-21-13-11-16)23-20(24)9-8-17-7-6-15-4-2-3-5-18(15)22-17/h2-7,10,12-14,16H,8-9,11H2,1H3. The van der Waals surface area contributed by atoms with Crippen molar-refractivity contribution in [1.29, 1.82) is 0 Å². The summed E-state index contributed by atoms with van der Waals surface area (Å²) >= 11 is 0. The molecule has 24 heavy (non-hydrogen) atoms. The van der Waals surface area contributed by atoms with E-state index in [9.17, 15) is 0 Å². The van der Waals surface area contributed by atoms with Crippen LogP contribution in [0.4, 0.5) is 0 Å². The molecule has 0 aliphatic carbocycles. The second-order valence-electron chi connectivity index (χ2n) is 6.20. The first kappa shape index (κ1) is 14.8. The van der Waals surface area contributed by atoms with Gasteiger partial charge in [0.15, 0.2) is 0 Å². The first-order valence-corrected chi connectivity index (χ1v) is 8.35. The van der Waals surface area contributed by atoms with Gasteiger partial charge in [0.25, 0.3) is 0 Å². The van der Waals surface area contributed by atoms with Gasteiger partial charge in [-0.3, -0.25) is 9.98 Å². The number of para-hydroxylation sites is 1. The van der Waals surface area contributed by atoms with Gasteiger partial charge in [0.2, 0.25) is 0 Å². The average Bonchev–Trinajstić information content (AvgIpc) is 3.01. The highest BCUT2D eigenvalue weighted by Gasteiger charge is 2.14. The highest BCUT2D eigenvalue weighted by molar-refractivity contribution is 5.78. The number of pyridine rings is 1. The molecule has 0 saturated heterocycles. The van der Waals surface area contributed by atoms with E-state index >= 15 is 0 Å². The summed E-state index contributed by atoms with van der Waals surface area (Å²) < 4.78 is 2.13. The van der Waals surface area contributed by atoms with Gasteiger partial charge in [0, 0.05) is 49.1 Å². The fraction of sp³-hybridized carbons (Fsp3) is 0.250. The van der Waals surface area contributed by atoms with Crippen LogP contribution in [0.3, 0.4) is 0 Å². The molecule has 1 aliphatic rings. The van der Waals surface area contributed by atoms with Gasteiger partial charge in [-0.05, 0) is 25.0 Å². The molecule has 4 nitrogen and oxygen atoms in total. The van der Waals surface area contributed by atoms with Gasteiger partial charge in [0.05, 0.1) is 11.2 Å². The van der Waals surface area contributed by atoms with Gasteiger partial charge in [-0.25, -0.2) is 4.98 Å². The molecule has 3 aromatic rings. The number of nitrogens with zero attached hydrogens (tertiary/aromatic N) is 4. The molecule has 0 saturated carbocycles. The number of aliphatic imine (C=N–C) groups is 1. The Kier molecular flexibility index (Phi) is 3.95. The van der Waals surface area contributed by atoms with Gasteiger partial charge in [-0.1, -0.05) is 30.3 Å². The van der Waals surface area contributed by atoms with Crippen molar-refractivity contribution < 1.29 is 0 Å². The summed E-state index contributed by atoms with van der Waals surface area (Å²) in [5.74, 6) is 1.46. The summed E-state index contributed by atoms with van der Waals surface area (Å²) in [4.78, 5) is 13.7. The first-order valence-electron chi connectivity index (χ1n) is 8.35. The summed E-state index contributed by atoms with van der Waals surface area (Å²) in [7, 11) is 2.07. The van der Waals surface area contributed by atoms with Crippen LogP contribution < -0.4 is 0 Å². The topological polar surface area (TPSA) is 43.1 Å². The molecule has 2 aromatic heterocycles. The van der Waals surface area contributed by atoms with Crippen LogP contribution >= 0.6 is 0 Å². The van der Waals surface area contributed by atoms with Crippen molar-refractivity contribution in [2.45, 2.75) is 25.2 Å². The van der Waals surface area contributed by atoms with Crippen molar-refractivity contribution in [3.8, 4) is 0 Å². The van der Waals surface area contributed by atoms with Crippen LogP contribution in [0, 0.1) is 0 Å². The van der Waals surface area contributed by atoms with Gasteiger partial charge >= 0.3 is 0 Å². The quantitative estimate of drug-likeness (QED) is 0.734. The zero-order valence-corrected chi connectivity index (χ0v) is 13.8. The summed E-state index contributed by atoms with van der Waals surface area (Å²) in [5.41, 5.74) is 3.30. The monoisotopic (exact) mass is 316 g/mol. The predicted octanol–water partition coefficient (Wildman–Crippen LogP) is 3.83. The Morgan fingerprint density at radius 1 is 1.08 bits per heavy atom. The Bertz CT molecular complexity index is 920. The predicted molar refractivity (Wildman–Crippen MR) is 97.3 cm³/mol. The Hall–Kier alpha value is -2.75. The van der Waals surface area contributed by atoms with Crippen LogP contribution in [0.5, 0.6) is 0 Å². The molecule has 0 N–H and O–H groups in total. The summed E-state index contributed by atoms with van der Waals surface area (Å²) in [6.45, 7) is 0. The molecule has 1 aliphatic heterocycles. The normalized spacial score (nSPS) is 16.8. The van der Waals surface area contributed by atoms with Gasteiger partial charge < -0.3 is 4.57 Å². The van der Waals surface area contributed by atoms with E-state index in [-0.39, 0.29) is 0 Å². The second kappa shape index (κ2) is 6.40. The Labute approximate surface area is 141 Å². The SMILES string of the molecule is Cn1cc(C2C=CN=CC2)nc1CCc1ccc2ccccc2n1. The molecule has 1 atom stereocenters. The summed E-state index contributed by atoms with van der Waals surface area (Å²) in [6, 6.07) is 12.5. The fourth-order valence-electron chi connectivity index (χ4n) is 3.11. The third kappa shape index (κ3) is 3.00. The van der Waals surface area contributed by atoms with E-state index in [2.05, 4.69) is 53.1 Å². The minimum Gasteiger partial charge on any atom is -0.338 e. The van der Waals surface area contributed by atoms with Crippen LogP contribution in [-0.4, -0.2) is 20.7 Å². The van der Waals surface area contributed by atoms with E-state index in [1.807, 2.05) is 24.5 Å². The molecule has 0 radical (unpaired) electrons. The lowest BCUT2D eigenvalue weighted by Crippen LogP contribution is -2.02. The molecule has 120 valence electrons. The maximum atomic E-state index is 4.83. The van der Waals surface area contributed by atoms with E-state index in [0.717, 1.165) is 42.0 Å². The summed E-state index contributed by atoms with van der Waals surface area (Å²) in [6.07, 6.45) is 10.8. The lowest BCUT2D eigenvalue weighted by atomic mass is 10.0. The Balaban J connectivity index is 1.49. The van der Waals surface area contributed by atoms with Crippen LogP contribution in [0.15, 0.2) is 59.9 Å². The van der Waals surface area contributed by atoms with Gasteiger partial charge in [-0.15, -0.1) is 0 Å². The fourth-order valence-corrected chi connectivity index (χ4v) is 3.11. The number of aromatic nitrogens is 3. The molecule has 0 spiro atoms. The van der Waals surface area contributed by atoms with Crippen molar-refractivity contribution >= 4 is 17.1 Å². The van der Waals surface area contributed by atoms with Gasteiger partial charge in [0.1, 0.15) is 5.82 Å². The molecule has 1 aromatic carbocycles. The maximum Gasteiger partial charge on any atom is 0.109 e. The third-order valence-electron chi connectivity index (χ3n) is 4.50. The highest BCUT2D eigenvalue weighted by Crippen LogP contribution is 2.22. The van der Waals surface area contributed by atoms with Crippen LogP contribution in [0.1, 0.15) is 29.6 Å². The maximum absolute atomic E-state index is 4.83. The van der Waals surface area contributed by atoms with Crippen molar-refractivity contribution in [3.63, 3.8) is 0 Å². The second-order valence-corrected chi connectivity index (χ2v) is 6.20. The van der Waals surface area contributed by atoms with E-state index in [1.54, 1.807) is 0 Å². The number of imidazole rings is 1. The molecule has 0 bridgehead atoms. The number of hydrogen-bond donors (Lipinski definition) is 0. The van der Waals surface area contributed by atoms with Crippen molar-refractivity contribution in [3.05, 3.63) is 72.1 Å². The van der Waals surface area contributed by atoms with Crippen LogP contribution in [0.2, 0.25) is 0 Å². The molecular formula is C20H20N4. The average molecular weight is 316 g/mol. The minimum atomic E-state index is 0.348. The minimum absolute atomic E-state index is 0.348. The Morgan fingerprint density at radius 2 is 2.00 bits per heavy atom.